The average molecular weight is 1880 g/mol. The Bertz CT molecular complexity index is 5050. The molecule has 0 unspecified atom stereocenters. The van der Waals surface area contributed by atoms with Gasteiger partial charge in [0.05, 0.1) is 31.4 Å². The number of phenolic OH excluding ortho intramolecular Hbond substituents is 1. The number of phenols is 1. The molecule has 3 aliphatic heterocycles. The van der Waals surface area contributed by atoms with Crippen molar-refractivity contribution in [1.82, 2.24) is 87.6 Å². The van der Waals surface area contributed by atoms with Gasteiger partial charge in [0.15, 0.2) is 0 Å². The smallest absolute Gasteiger partial charge is 0.305 e. The topological polar surface area (TPSA) is 640 Å². The van der Waals surface area contributed by atoms with Crippen molar-refractivity contribution < 1.29 is 122 Å². The van der Waals surface area contributed by atoms with Crippen molar-refractivity contribution in [1.29, 1.82) is 0 Å². The first kappa shape index (κ1) is 105. The molecular weight excluding hydrogens is 1750 g/mol. The van der Waals surface area contributed by atoms with Crippen LogP contribution in [0.5, 0.6) is 5.75 Å². The molecule has 15 atom stereocenters. The standard InChI is InChI=1S/C89H122N18O25S/c1-9-11-22-67-82(125)96-59(30-32-74(115)116)79(122)102-66(77(120)93-42-71(90)111)45-133-46-72(112)94-62(35-49-25-27-52(109)28-26-49)85(128)103(6)48(5)76(119)98-64(39-75(117)118)87(130)106-33-17-24-68(106)83(126)101-65(44-108)81(124)99-61(34-47(3)4)88(131)107-43-53(110)38-70(107)84(127)97-60(36-50-40-91-56-20-15-13-18-54(50)56)80(123)95-58(29-31-73(113)114)78(121)100-63(37-51-41-92-57-21-16-14-19-55(51)57)86(129)105(8)69(23-12-10-2)89(132)104(67)7/h13-16,18-21,25-28,40-41,47-48,53,58-70,91-92,108-110H,9-12,17,22-24,29-39,42-46H2,1-8H3,(H2,90,111)(H,93,120)(H,94,112)(H,95,123)(H,96,125)(H,97,127)(H,98,119)(H,99,124)(H,100,121)(H,101,126)(H,102,122)(H,113,114)(H,115,116)(H,117,118)/t48-,53+,58-,59-,60-,61-,62-,63-,64-,65-,66-,67-,68-,69-,70-/m0/s1. The highest BCUT2D eigenvalue weighted by Crippen LogP contribution is 2.28. The number of carboxylic acid groups (broad SMARTS) is 3. The highest BCUT2D eigenvalue weighted by Gasteiger charge is 2.47. The van der Waals surface area contributed by atoms with Crippen molar-refractivity contribution in [2.24, 2.45) is 11.7 Å². The van der Waals surface area contributed by atoms with Crippen molar-refractivity contribution in [2.45, 2.75) is 241 Å². The second kappa shape index (κ2) is 49.8. The van der Waals surface area contributed by atoms with Gasteiger partial charge in [-0.1, -0.05) is 102 Å². The summed E-state index contributed by atoms with van der Waals surface area (Å²) < 4.78 is 0. The minimum atomic E-state index is -1.94. The number of hydrogen-bond acceptors (Lipinski definition) is 23. The maximum Gasteiger partial charge on any atom is 0.305 e. The number of fused-ring (bicyclic) bond motifs is 4. The summed E-state index contributed by atoms with van der Waals surface area (Å²) in [5.74, 6) is -22.8. The van der Waals surface area contributed by atoms with Gasteiger partial charge >= 0.3 is 17.9 Å². The molecule has 3 saturated heterocycles. The van der Waals surface area contributed by atoms with Gasteiger partial charge in [0.2, 0.25) is 94.5 Å². The van der Waals surface area contributed by atoms with E-state index in [4.69, 9.17) is 5.73 Å². The van der Waals surface area contributed by atoms with Crippen molar-refractivity contribution >= 4 is 146 Å². The number of carbonyl (C=O) groups is 19. The van der Waals surface area contributed by atoms with Crippen LogP contribution in [0.4, 0.5) is 0 Å². The van der Waals surface area contributed by atoms with Gasteiger partial charge in [0.25, 0.3) is 0 Å². The third-order valence-corrected chi connectivity index (χ3v) is 24.7. The number of aliphatic hydroxyl groups is 2. The third-order valence-electron chi connectivity index (χ3n) is 23.6. The van der Waals surface area contributed by atoms with Gasteiger partial charge < -0.3 is 124 Å². The van der Waals surface area contributed by atoms with Crippen LogP contribution >= 0.6 is 11.8 Å². The lowest BCUT2D eigenvalue weighted by Gasteiger charge is -2.36. The Labute approximate surface area is 770 Å². The van der Waals surface area contributed by atoms with Crippen molar-refractivity contribution in [3.05, 3.63) is 102 Å². The Hall–Kier alpha value is -13.3. The Morgan fingerprint density at radius 1 is 0.519 bits per heavy atom. The van der Waals surface area contributed by atoms with Gasteiger partial charge in [-0.15, -0.1) is 11.8 Å². The number of H-pyrrole nitrogens is 2. The molecule has 0 spiro atoms. The number of rotatable bonds is 26. The Morgan fingerprint density at radius 2 is 1.01 bits per heavy atom. The summed E-state index contributed by atoms with van der Waals surface area (Å²) in [7, 11) is 3.71. The number of primary amides is 1. The number of nitrogens with two attached hydrogens (primary N) is 1. The zero-order chi connectivity index (χ0) is 97.8. The molecule has 3 aliphatic rings. The number of nitrogens with one attached hydrogen (secondary N) is 12. The van der Waals surface area contributed by atoms with Crippen molar-refractivity contribution in [3.8, 4) is 5.75 Å². The molecule has 2 aromatic heterocycles. The number of aliphatic carboxylic acids is 3. The van der Waals surface area contributed by atoms with Crippen LogP contribution in [-0.4, -0.2) is 327 Å². The number of hydrogen-bond donors (Lipinski definition) is 19. The van der Waals surface area contributed by atoms with Gasteiger partial charge in [-0.25, -0.2) is 0 Å². The summed E-state index contributed by atoms with van der Waals surface area (Å²) in [5.41, 5.74) is 7.80. The highest BCUT2D eigenvalue weighted by molar-refractivity contribution is 8.00. The van der Waals surface area contributed by atoms with E-state index in [-0.39, 0.29) is 76.5 Å². The van der Waals surface area contributed by atoms with E-state index in [1.165, 1.54) is 45.3 Å². The molecule has 0 saturated carbocycles. The number of para-hydroxylation sites is 2. The largest absolute Gasteiger partial charge is 0.508 e. The maximum absolute atomic E-state index is 15.8. The van der Waals surface area contributed by atoms with E-state index in [1.807, 2.05) is 0 Å². The Balaban J connectivity index is 1.20. The molecule has 44 heteroatoms. The van der Waals surface area contributed by atoms with Crippen LogP contribution in [0.2, 0.25) is 0 Å². The Kier molecular flexibility index (Phi) is 39.4. The fourth-order valence-electron chi connectivity index (χ4n) is 16.2. The summed E-state index contributed by atoms with van der Waals surface area (Å²) >= 11 is 0.682. The number of likely N-dealkylation sites (N-methyl/N-ethyl adjacent to an activating group) is 3. The van der Waals surface area contributed by atoms with Crippen LogP contribution in [-0.2, 0) is 110 Å². The van der Waals surface area contributed by atoms with E-state index in [0.29, 0.717) is 63.1 Å². The molecule has 5 aromatic rings. The third kappa shape index (κ3) is 29.6. The van der Waals surface area contributed by atoms with E-state index in [2.05, 4.69) is 63.1 Å². The first-order chi connectivity index (χ1) is 63.1. The number of benzene rings is 3. The zero-order valence-corrected chi connectivity index (χ0v) is 76.3. The summed E-state index contributed by atoms with van der Waals surface area (Å²) in [6.07, 6.45) is -2.67. The highest BCUT2D eigenvalue weighted by atomic mass is 32.2. The second-order valence-electron chi connectivity index (χ2n) is 34.0. The second-order valence-corrected chi connectivity index (χ2v) is 35.0. The van der Waals surface area contributed by atoms with Crippen molar-refractivity contribution in [2.75, 3.05) is 58.9 Å². The molecule has 3 fully saturated rings. The van der Waals surface area contributed by atoms with E-state index in [0.717, 1.165) is 31.5 Å². The molecule has 20 N–H and O–H groups in total. The molecule has 133 heavy (non-hydrogen) atoms. The summed E-state index contributed by atoms with van der Waals surface area (Å²) in [5, 5.41) is 89.2. The lowest BCUT2D eigenvalue weighted by molar-refractivity contribution is -0.149. The van der Waals surface area contributed by atoms with Crippen LogP contribution in [0, 0.1) is 5.92 Å². The Morgan fingerprint density at radius 3 is 1.58 bits per heavy atom. The first-order valence-electron chi connectivity index (χ1n) is 44.2. The van der Waals surface area contributed by atoms with E-state index in [9.17, 15) is 88.2 Å². The fraction of sp³-hybridized carbons (Fsp3) is 0.539. The molecule has 8 rings (SSSR count). The SMILES string of the molecule is CCCC[C@H]1C(=O)N(C)[C@@H](CCCC)C(=O)N[C@@H](CCC(=O)O)C(=O)N[C@H](C(=O)NCC(N)=O)CSCC(=O)N[C@@H](Cc2ccc(O)cc2)C(=O)N(C)[C@@H](C)C(=O)N[C@@H](CC(=O)O)C(=O)N2CCC[C@H]2C(=O)N[C@@H](CO)C(=O)N[C@@H](CC(C)C)C(=O)N2C[C@H](O)C[C@H]2C(=O)N[C@@H](Cc2c[nH]c3ccccc23)C(=O)N[C@@H](CCC(=O)O)C(=O)N[C@@H](Cc2c[nH]c3ccccc23)C(=O)N1C. The fourth-order valence-corrected chi connectivity index (χ4v) is 17.1. The zero-order valence-electron chi connectivity index (χ0n) is 75.5. The predicted molar refractivity (Wildman–Crippen MR) is 481 cm³/mol. The minimum absolute atomic E-state index is 0.0769. The number of unbranched alkanes of at least 4 members (excludes halogenated alkanes) is 2. The number of aromatic nitrogens is 2. The van der Waals surface area contributed by atoms with Gasteiger partial charge in [-0.3, -0.25) is 91.1 Å². The quantitative estimate of drug-likeness (QED) is 0.0290. The number of carbonyl (C=O) groups excluding carboxylic acids is 16. The molecule has 0 radical (unpaired) electrons. The number of aliphatic hydroxyl groups excluding tert-OH is 2. The van der Waals surface area contributed by atoms with Gasteiger partial charge in [0.1, 0.15) is 90.3 Å². The van der Waals surface area contributed by atoms with E-state index < -0.39 is 279 Å². The monoisotopic (exact) mass is 1870 g/mol. The molecule has 3 aromatic carbocycles. The van der Waals surface area contributed by atoms with Crippen LogP contribution < -0.4 is 58.9 Å². The number of thioether (sulfide) groups is 1. The maximum atomic E-state index is 15.8. The van der Waals surface area contributed by atoms with Gasteiger partial charge in [-0.05, 0) is 98.7 Å². The molecule has 0 bridgehead atoms. The predicted octanol–water partition coefficient (Wildman–Crippen LogP) is -1.83. The number of aromatic amines is 2. The number of nitrogens with zero attached hydrogens (tertiary/aromatic N) is 5. The normalized spacial score (nSPS) is 25.0. The lowest BCUT2D eigenvalue weighted by atomic mass is 9.99. The lowest BCUT2D eigenvalue weighted by Crippen LogP contribution is -2.61. The van der Waals surface area contributed by atoms with Gasteiger partial charge in [0, 0.05) is 113 Å². The molecule has 43 nitrogen and oxygen atoms in total. The van der Waals surface area contributed by atoms with Crippen LogP contribution in [0.15, 0.2) is 85.2 Å². The van der Waals surface area contributed by atoms with Crippen LogP contribution in [0.25, 0.3) is 21.8 Å². The van der Waals surface area contributed by atoms with E-state index >= 15 is 33.6 Å². The summed E-state index contributed by atoms with van der Waals surface area (Å²) in [4.78, 5) is 284. The van der Waals surface area contributed by atoms with Crippen LogP contribution in [0.3, 0.4) is 0 Å². The molecular formula is C89H122N18O25S. The molecule has 5 heterocycles. The number of amides is 16. The summed E-state index contributed by atoms with van der Waals surface area (Å²) in [6, 6.07) is -4.23. The molecule has 724 valence electrons. The van der Waals surface area contributed by atoms with E-state index in [1.54, 1.807) is 88.6 Å². The average Bonchev–Trinajstić information content (AvgIpc) is 1.72. The number of carboxylic acids is 3. The number of aromatic hydroxyl groups is 1. The molecule has 0 aliphatic carbocycles. The van der Waals surface area contributed by atoms with Crippen LogP contribution in [0.1, 0.15) is 148 Å². The van der Waals surface area contributed by atoms with Crippen molar-refractivity contribution in [3.63, 3.8) is 0 Å². The first-order valence-corrected chi connectivity index (χ1v) is 45.4. The minimum Gasteiger partial charge on any atom is -0.508 e. The van der Waals surface area contributed by atoms with Gasteiger partial charge in [-0.2, -0.15) is 0 Å². The summed E-state index contributed by atoms with van der Waals surface area (Å²) in [6.45, 7) is 5.51. The molecule has 16 amide bonds.